The molecule has 2 aromatic heterocycles. The number of aromatic nitrogens is 2. The lowest BCUT2D eigenvalue weighted by Gasteiger charge is -2.09. The third-order valence-corrected chi connectivity index (χ3v) is 4.28. The molecule has 8 heteroatoms. The molecular formula is C16H11ClFN3O2S. The molecule has 0 aliphatic rings. The van der Waals surface area contributed by atoms with Crippen molar-refractivity contribution >= 4 is 28.8 Å². The summed E-state index contributed by atoms with van der Waals surface area (Å²) in [7, 11) is 0. The van der Waals surface area contributed by atoms with E-state index in [9.17, 15) is 9.18 Å². The zero-order valence-corrected chi connectivity index (χ0v) is 13.8. The average molecular weight is 364 g/mol. The molecule has 3 rings (SSSR count). The summed E-state index contributed by atoms with van der Waals surface area (Å²) in [6.07, 6.45) is 2.64. The average Bonchev–Trinajstić information content (AvgIpc) is 3.01. The van der Waals surface area contributed by atoms with Gasteiger partial charge in [0.2, 0.25) is 5.88 Å². The predicted octanol–water partition coefficient (Wildman–Crippen LogP) is 4.05. The monoisotopic (exact) mass is 363 g/mol. The van der Waals surface area contributed by atoms with Gasteiger partial charge in [-0.05, 0) is 30.3 Å². The summed E-state index contributed by atoms with van der Waals surface area (Å²) in [4.78, 5) is 21.1. The first-order valence-electron chi connectivity index (χ1n) is 6.86. The molecule has 0 saturated carbocycles. The third-order valence-electron chi connectivity index (χ3n) is 2.99. The molecule has 0 spiro atoms. The van der Waals surface area contributed by atoms with Gasteiger partial charge in [0.1, 0.15) is 23.5 Å². The first-order valence-corrected chi connectivity index (χ1v) is 8.12. The number of thiophene rings is 1. The van der Waals surface area contributed by atoms with E-state index in [0.717, 1.165) is 4.88 Å². The molecule has 5 nitrogen and oxygen atoms in total. The van der Waals surface area contributed by atoms with Crippen LogP contribution in [-0.4, -0.2) is 15.9 Å². The molecule has 2 heterocycles. The highest BCUT2D eigenvalue weighted by atomic mass is 35.5. The van der Waals surface area contributed by atoms with Gasteiger partial charge in [-0.3, -0.25) is 4.79 Å². The van der Waals surface area contributed by atoms with Gasteiger partial charge >= 0.3 is 0 Å². The summed E-state index contributed by atoms with van der Waals surface area (Å²) in [5.74, 6) is -0.289. The molecular weight excluding hydrogens is 353 g/mol. The Bertz CT molecular complexity index is 855. The van der Waals surface area contributed by atoms with E-state index in [2.05, 4.69) is 15.3 Å². The summed E-state index contributed by atoms with van der Waals surface area (Å²) in [6, 6.07) is 7.21. The van der Waals surface area contributed by atoms with Gasteiger partial charge in [-0.2, -0.15) is 0 Å². The minimum atomic E-state index is -0.378. The van der Waals surface area contributed by atoms with E-state index in [1.165, 1.54) is 48.1 Å². The lowest BCUT2D eigenvalue weighted by molar-refractivity contribution is 0.0948. The molecule has 0 radical (unpaired) electrons. The summed E-state index contributed by atoms with van der Waals surface area (Å²) in [5, 5.41) is 5.18. The van der Waals surface area contributed by atoms with Crippen molar-refractivity contribution in [1.82, 2.24) is 15.3 Å². The number of halogens is 2. The smallest absolute Gasteiger partial charge is 0.258 e. The van der Waals surface area contributed by atoms with Crippen LogP contribution in [0.2, 0.25) is 5.02 Å². The highest BCUT2D eigenvalue weighted by Crippen LogP contribution is 2.23. The van der Waals surface area contributed by atoms with Crippen molar-refractivity contribution in [2.75, 3.05) is 0 Å². The second-order valence-corrected chi connectivity index (χ2v) is 6.14. The van der Waals surface area contributed by atoms with Crippen LogP contribution in [0.5, 0.6) is 11.6 Å². The minimum absolute atomic E-state index is 0.0957. The summed E-state index contributed by atoms with van der Waals surface area (Å²) >= 11 is 7.30. The highest BCUT2D eigenvalue weighted by Gasteiger charge is 2.15. The molecule has 0 bridgehead atoms. The van der Waals surface area contributed by atoms with Crippen molar-refractivity contribution < 1.29 is 13.9 Å². The van der Waals surface area contributed by atoms with Crippen LogP contribution in [0.3, 0.4) is 0 Å². The second-order valence-electron chi connectivity index (χ2n) is 4.71. The number of ether oxygens (including phenoxy) is 1. The fourth-order valence-electron chi connectivity index (χ4n) is 1.88. The molecule has 0 atom stereocenters. The second kappa shape index (κ2) is 7.37. The van der Waals surface area contributed by atoms with Gasteiger partial charge in [-0.25, -0.2) is 14.4 Å². The molecule has 0 saturated heterocycles. The molecule has 0 aliphatic carbocycles. The number of benzene rings is 1. The Morgan fingerprint density at radius 1 is 1.33 bits per heavy atom. The zero-order chi connectivity index (χ0) is 16.9. The number of carbonyl (C=O) groups is 1. The largest absolute Gasteiger partial charge is 0.438 e. The van der Waals surface area contributed by atoms with Gasteiger partial charge in [0.05, 0.1) is 11.6 Å². The maximum absolute atomic E-state index is 12.9. The summed E-state index contributed by atoms with van der Waals surface area (Å²) < 4.78 is 18.5. The van der Waals surface area contributed by atoms with E-state index >= 15 is 0 Å². The molecule has 0 unspecified atom stereocenters. The molecule has 122 valence electrons. The Hall–Kier alpha value is -2.51. The topological polar surface area (TPSA) is 64.1 Å². The fraction of sp³-hybridized carbons (Fsp3) is 0.0625. The van der Waals surface area contributed by atoms with Crippen molar-refractivity contribution in [1.29, 1.82) is 0 Å². The molecule has 0 aliphatic heterocycles. The van der Waals surface area contributed by atoms with Crippen LogP contribution < -0.4 is 10.1 Å². The van der Waals surface area contributed by atoms with Crippen LogP contribution in [0.25, 0.3) is 0 Å². The van der Waals surface area contributed by atoms with E-state index in [1.807, 2.05) is 0 Å². The Balaban J connectivity index is 1.73. The van der Waals surface area contributed by atoms with E-state index in [0.29, 0.717) is 17.3 Å². The van der Waals surface area contributed by atoms with E-state index in [4.69, 9.17) is 16.3 Å². The Morgan fingerprint density at radius 3 is 2.83 bits per heavy atom. The number of rotatable bonds is 5. The highest BCUT2D eigenvalue weighted by molar-refractivity contribution is 7.10. The SMILES string of the molecule is O=C(NCc1cc(Cl)cs1)c1cncnc1Oc1ccc(F)cc1. The quantitative estimate of drug-likeness (QED) is 0.742. The van der Waals surface area contributed by atoms with Crippen LogP contribution >= 0.6 is 22.9 Å². The first-order chi connectivity index (χ1) is 11.6. The number of amides is 1. The fourth-order valence-corrected chi connectivity index (χ4v) is 2.89. The first kappa shape index (κ1) is 16.4. The van der Waals surface area contributed by atoms with Crippen molar-refractivity contribution in [3.05, 3.63) is 69.5 Å². The number of nitrogens with one attached hydrogen (secondary N) is 1. The summed E-state index contributed by atoms with van der Waals surface area (Å²) in [6.45, 7) is 0.334. The van der Waals surface area contributed by atoms with Crippen molar-refractivity contribution in [3.8, 4) is 11.6 Å². The van der Waals surface area contributed by atoms with Crippen molar-refractivity contribution in [2.24, 2.45) is 0 Å². The van der Waals surface area contributed by atoms with Crippen LogP contribution in [0, 0.1) is 5.82 Å². The van der Waals surface area contributed by atoms with Gasteiger partial charge in [0.15, 0.2) is 0 Å². The lowest BCUT2D eigenvalue weighted by atomic mass is 10.3. The van der Waals surface area contributed by atoms with Gasteiger partial charge < -0.3 is 10.1 Å². The summed E-state index contributed by atoms with van der Waals surface area (Å²) in [5.41, 5.74) is 0.185. The zero-order valence-electron chi connectivity index (χ0n) is 12.2. The van der Waals surface area contributed by atoms with Gasteiger partial charge in [-0.1, -0.05) is 11.6 Å². The Labute approximate surface area is 146 Å². The van der Waals surface area contributed by atoms with Crippen LogP contribution in [-0.2, 0) is 6.54 Å². The normalized spacial score (nSPS) is 10.4. The molecule has 1 aromatic carbocycles. The number of hydrogen-bond donors (Lipinski definition) is 1. The predicted molar refractivity (Wildman–Crippen MR) is 89.0 cm³/mol. The molecule has 1 N–H and O–H groups in total. The standard InChI is InChI=1S/C16H11ClFN3O2S/c17-10-5-13(24-8-10)6-20-15(22)14-7-19-9-21-16(14)23-12-3-1-11(18)2-4-12/h1-5,7-9H,6H2,(H,20,22). The third kappa shape index (κ3) is 4.06. The van der Waals surface area contributed by atoms with Gasteiger partial charge in [-0.15, -0.1) is 11.3 Å². The number of nitrogens with zero attached hydrogens (tertiary/aromatic N) is 2. The number of carbonyl (C=O) groups excluding carboxylic acids is 1. The van der Waals surface area contributed by atoms with E-state index in [1.54, 1.807) is 11.4 Å². The maximum Gasteiger partial charge on any atom is 0.258 e. The molecule has 0 fully saturated rings. The lowest BCUT2D eigenvalue weighted by Crippen LogP contribution is -2.23. The minimum Gasteiger partial charge on any atom is -0.438 e. The van der Waals surface area contributed by atoms with Crippen molar-refractivity contribution in [3.63, 3.8) is 0 Å². The van der Waals surface area contributed by atoms with Gasteiger partial charge in [0.25, 0.3) is 5.91 Å². The Kier molecular flexibility index (Phi) is 5.02. The van der Waals surface area contributed by atoms with E-state index < -0.39 is 0 Å². The van der Waals surface area contributed by atoms with Gasteiger partial charge in [0, 0.05) is 16.5 Å². The number of hydrogen-bond acceptors (Lipinski definition) is 5. The Morgan fingerprint density at radius 2 is 2.12 bits per heavy atom. The van der Waals surface area contributed by atoms with Crippen LogP contribution in [0.4, 0.5) is 4.39 Å². The van der Waals surface area contributed by atoms with E-state index in [-0.39, 0.29) is 23.2 Å². The molecule has 1 amide bonds. The molecule has 24 heavy (non-hydrogen) atoms. The van der Waals surface area contributed by atoms with Crippen molar-refractivity contribution in [2.45, 2.75) is 6.54 Å². The maximum atomic E-state index is 12.9. The van der Waals surface area contributed by atoms with Crippen LogP contribution in [0.15, 0.2) is 48.2 Å². The molecule has 3 aromatic rings. The van der Waals surface area contributed by atoms with Crippen LogP contribution in [0.1, 0.15) is 15.2 Å².